The summed E-state index contributed by atoms with van der Waals surface area (Å²) in [6.45, 7) is 0. The summed E-state index contributed by atoms with van der Waals surface area (Å²) in [5, 5.41) is 8.49. The molecule has 2 nitrogen and oxygen atoms in total. The minimum Gasteiger partial charge on any atom is -0.166 e. The van der Waals surface area contributed by atoms with E-state index >= 15 is 0 Å². The molecule has 0 aliphatic rings. The van der Waals surface area contributed by atoms with Crippen LogP contribution < -0.4 is 0 Å². The zero-order valence-electron chi connectivity index (χ0n) is 9.48. The van der Waals surface area contributed by atoms with Crippen LogP contribution in [0.4, 0.5) is 13.2 Å². The number of hydrogen-bond acceptors (Lipinski definition) is 3. The second-order valence-electron chi connectivity index (χ2n) is 3.99. The van der Waals surface area contributed by atoms with Gasteiger partial charge in [0.05, 0.1) is 22.7 Å². The summed E-state index contributed by atoms with van der Waals surface area (Å²) < 4.78 is 38.4. The van der Waals surface area contributed by atoms with Gasteiger partial charge >= 0.3 is 6.18 Å². The largest absolute Gasteiger partial charge is 0.416 e. The van der Waals surface area contributed by atoms with Gasteiger partial charge < -0.3 is 0 Å². The van der Waals surface area contributed by atoms with Crippen molar-refractivity contribution in [2.75, 3.05) is 0 Å². The Morgan fingerprint density at radius 2 is 1.63 bits per heavy atom. The molecule has 3 aromatic rings. The third-order valence-corrected chi connectivity index (χ3v) is 3.86. The lowest BCUT2D eigenvalue weighted by molar-refractivity contribution is -0.137. The molecule has 0 radical (unpaired) electrons. The molecule has 0 aliphatic heterocycles. The third kappa shape index (κ3) is 2.31. The highest BCUT2D eigenvalue weighted by molar-refractivity contribution is 7.22. The minimum absolute atomic E-state index is 0.638. The van der Waals surface area contributed by atoms with Crippen molar-refractivity contribution in [3.8, 4) is 10.4 Å². The highest BCUT2D eigenvalue weighted by Gasteiger charge is 2.29. The fourth-order valence-corrected chi connectivity index (χ4v) is 2.77. The number of hydrogen-bond donors (Lipinski definition) is 0. The Morgan fingerprint density at radius 1 is 0.947 bits per heavy atom. The third-order valence-electron chi connectivity index (χ3n) is 2.73. The van der Waals surface area contributed by atoms with Crippen molar-refractivity contribution in [2.24, 2.45) is 0 Å². The molecule has 2 heterocycles. The molecule has 19 heavy (non-hydrogen) atoms. The van der Waals surface area contributed by atoms with Crippen LogP contribution in [0.5, 0.6) is 0 Å². The molecule has 96 valence electrons. The van der Waals surface area contributed by atoms with Crippen molar-refractivity contribution >= 4 is 21.4 Å². The molecule has 0 N–H and O–H groups in total. The van der Waals surface area contributed by atoms with Crippen molar-refractivity contribution in [1.29, 1.82) is 0 Å². The summed E-state index contributed by atoms with van der Waals surface area (Å²) >= 11 is 1.48. The number of benzene rings is 1. The monoisotopic (exact) mass is 280 g/mol. The molecule has 0 saturated heterocycles. The zero-order chi connectivity index (χ0) is 13.5. The van der Waals surface area contributed by atoms with Crippen molar-refractivity contribution in [3.63, 3.8) is 0 Å². The quantitative estimate of drug-likeness (QED) is 0.661. The highest BCUT2D eigenvalue weighted by atomic mass is 32.1. The molecule has 0 saturated carbocycles. The molecule has 0 unspecified atom stereocenters. The van der Waals surface area contributed by atoms with Gasteiger partial charge in [-0.1, -0.05) is 12.1 Å². The average Bonchev–Trinajstić information content (AvgIpc) is 2.81. The Morgan fingerprint density at radius 3 is 2.26 bits per heavy atom. The van der Waals surface area contributed by atoms with Gasteiger partial charge in [-0.15, -0.1) is 11.3 Å². The maximum atomic E-state index is 12.5. The Bertz CT molecular complexity index is 684. The van der Waals surface area contributed by atoms with Crippen LogP contribution in [0.1, 0.15) is 5.56 Å². The summed E-state index contributed by atoms with van der Waals surface area (Å²) in [7, 11) is 0. The van der Waals surface area contributed by atoms with Gasteiger partial charge in [0.2, 0.25) is 0 Å². The molecule has 0 amide bonds. The number of rotatable bonds is 1. The van der Waals surface area contributed by atoms with Gasteiger partial charge in [-0.05, 0) is 23.8 Å². The number of thiophene rings is 1. The summed E-state index contributed by atoms with van der Waals surface area (Å²) in [5.41, 5.74) is 0.120. The van der Waals surface area contributed by atoms with E-state index in [1.165, 1.54) is 23.5 Å². The van der Waals surface area contributed by atoms with E-state index in [-0.39, 0.29) is 0 Å². The van der Waals surface area contributed by atoms with E-state index in [9.17, 15) is 13.2 Å². The minimum atomic E-state index is -4.30. The van der Waals surface area contributed by atoms with Crippen LogP contribution in [-0.4, -0.2) is 10.2 Å². The van der Waals surface area contributed by atoms with Crippen LogP contribution in [0, 0.1) is 0 Å². The average molecular weight is 280 g/mol. The van der Waals surface area contributed by atoms with Crippen LogP contribution in [-0.2, 0) is 6.18 Å². The molecule has 3 rings (SSSR count). The molecule has 0 aliphatic carbocycles. The second kappa shape index (κ2) is 4.31. The van der Waals surface area contributed by atoms with Crippen molar-refractivity contribution in [2.45, 2.75) is 6.18 Å². The topological polar surface area (TPSA) is 25.8 Å². The second-order valence-corrected chi connectivity index (χ2v) is 5.08. The number of halogens is 3. The predicted octanol–water partition coefficient (Wildman–Crippen LogP) is 4.38. The first-order chi connectivity index (χ1) is 9.04. The maximum absolute atomic E-state index is 12.5. The van der Waals surface area contributed by atoms with Crippen LogP contribution in [0.15, 0.2) is 42.7 Å². The normalized spacial score (nSPS) is 11.9. The van der Waals surface area contributed by atoms with Gasteiger partial charge in [0.1, 0.15) is 0 Å². The lowest BCUT2D eigenvalue weighted by atomic mass is 10.1. The Kier molecular flexibility index (Phi) is 2.74. The standard InChI is InChI=1S/C13H7F3N2S/c14-13(15,16)10-3-1-8(2-4-10)11-5-9-6-17-18-7-12(9)19-11/h1-7H. The first-order valence-corrected chi connectivity index (χ1v) is 6.23. The van der Waals surface area contributed by atoms with Crippen LogP contribution in [0.2, 0.25) is 0 Å². The highest BCUT2D eigenvalue weighted by Crippen LogP contribution is 2.35. The van der Waals surface area contributed by atoms with E-state index < -0.39 is 11.7 Å². The van der Waals surface area contributed by atoms with Crippen LogP contribution in [0.3, 0.4) is 0 Å². The van der Waals surface area contributed by atoms with E-state index in [4.69, 9.17) is 0 Å². The lowest BCUT2D eigenvalue weighted by Crippen LogP contribution is -2.03. The van der Waals surface area contributed by atoms with E-state index in [0.717, 1.165) is 32.7 Å². The molecule has 0 spiro atoms. The maximum Gasteiger partial charge on any atom is 0.416 e. The fourth-order valence-electron chi connectivity index (χ4n) is 1.77. The number of fused-ring (bicyclic) bond motifs is 1. The molecule has 1 aromatic carbocycles. The molecule has 0 bridgehead atoms. The van der Waals surface area contributed by atoms with Gasteiger partial charge in [0, 0.05) is 10.3 Å². The molecule has 2 aromatic heterocycles. The Balaban J connectivity index is 2.02. The lowest BCUT2D eigenvalue weighted by Gasteiger charge is -2.06. The zero-order valence-corrected chi connectivity index (χ0v) is 10.3. The van der Waals surface area contributed by atoms with E-state index in [1.807, 2.05) is 6.07 Å². The Hall–Kier alpha value is -1.95. The van der Waals surface area contributed by atoms with Gasteiger partial charge in [-0.25, -0.2) is 0 Å². The summed E-state index contributed by atoms with van der Waals surface area (Å²) in [5.74, 6) is 0. The number of nitrogens with zero attached hydrogens (tertiary/aromatic N) is 2. The first-order valence-electron chi connectivity index (χ1n) is 5.42. The molecular weight excluding hydrogens is 273 g/mol. The molecule has 6 heteroatoms. The van der Waals surface area contributed by atoms with Gasteiger partial charge in [0.15, 0.2) is 0 Å². The van der Waals surface area contributed by atoms with E-state index in [2.05, 4.69) is 10.2 Å². The molecule has 0 atom stereocenters. The SMILES string of the molecule is FC(F)(F)c1ccc(-c2cc3cnncc3s2)cc1. The number of alkyl halides is 3. The molecule has 0 fully saturated rings. The predicted molar refractivity (Wildman–Crippen MR) is 67.9 cm³/mol. The van der Waals surface area contributed by atoms with Gasteiger partial charge in [-0.3, -0.25) is 0 Å². The molecular formula is C13H7F3N2S. The van der Waals surface area contributed by atoms with Crippen molar-refractivity contribution < 1.29 is 13.2 Å². The van der Waals surface area contributed by atoms with E-state index in [1.54, 1.807) is 12.4 Å². The number of aromatic nitrogens is 2. The Labute approximate surface area is 110 Å². The first kappa shape index (κ1) is 12.1. The van der Waals surface area contributed by atoms with E-state index in [0.29, 0.717) is 0 Å². The van der Waals surface area contributed by atoms with Crippen molar-refractivity contribution in [3.05, 3.63) is 48.3 Å². The summed E-state index contributed by atoms with van der Waals surface area (Å²) in [4.78, 5) is 0.901. The van der Waals surface area contributed by atoms with Crippen molar-refractivity contribution in [1.82, 2.24) is 10.2 Å². The van der Waals surface area contributed by atoms with Gasteiger partial charge in [0.25, 0.3) is 0 Å². The van der Waals surface area contributed by atoms with Crippen LogP contribution in [0.25, 0.3) is 20.5 Å². The van der Waals surface area contributed by atoms with Crippen LogP contribution >= 0.6 is 11.3 Å². The fraction of sp³-hybridized carbons (Fsp3) is 0.0769. The summed E-state index contributed by atoms with van der Waals surface area (Å²) in [6, 6.07) is 7.05. The van der Waals surface area contributed by atoms with Gasteiger partial charge in [-0.2, -0.15) is 23.4 Å². The smallest absolute Gasteiger partial charge is 0.166 e. The summed E-state index contributed by atoms with van der Waals surface area (Å²) in [6.07, 6.45) is -1.01.